The molecule has 2 amide bonds. The molecule has 0 bridgehead atoms. The van der Waals surface area contributed by atoms with Crippen molar-refractivity contribution >= 4 is 11.8 Å². The molecule has 86 valence electrons. The molecular formula is C10H19N3O2. The van der Waals surface area contributed by atoms with E-state index in [2.05, 4.69) is 5.32 Å². The van der Waals surface area contributed by atoms with Gasteiger partial charge in [0.1, 0.15) is 0 Å². The summed E-state index contributed by atoms with van der Waals surface area (Å²) in [6.45, 7) is 4.55. The standard InChI is InChI=1S/C10H19N3O2/c1-7(2)12-9(14)6-13-5-3-4-8(11)10(13)15/h7-8H,3-6,11H2,1-2H3,(H,12,14). The van der Waals surface area contributed by atoms with E-state index < -0.39 is 6.04 Å². The molecule has 1 atom stereocenters. The first-order valence-electron chi connectivity index (χ1n) is 5.34. The van der Waals surface area contributed by atoms with Crippen LogP contribution in [0.2, 0.25) is 0 Å². The Bertz CT molecular complexity index is 253. The van der Waals surface area contributed by atoms with Gasteiger partial charge >= 0.3 is 0 Å². The van der Waals surface area contributed by atoms with Gasteiger partial charge in [-0.2, -0.15) is 0 Å². The zero-order valence-corrected chi connectivity index (χ0v) is 9.32. The Morgan fingerprint density at radius 3 is 2.93 bits per heavy atom. The highest BCUT2D eigenvalue weighted by Gasteiger charge is 2.26. The van der Waals surface area contributed by atoms with Crippen molar-refractivity contribution in [3.8, 4) is 0 Å². The molecule has 3 N–H and O–H groups in total. The number of carbonyl (C=O) groups excluding carboxylic acids is 2. The lowest BCUT2D eigenvalue weighted by molar-refractivity contribution is -0.139. The Morgan fingerprint density at radius 2 is 2.33 bits per heavy atom. The average molecular weight is 213 g/mol. The van der Waals surface area contributed by atoms with E-state index in [0.717, 1.165) is 12.8 Å². The fraction of sp³-hybridized carbons (Fsp3) is 0.800. The van der Waals surface area contributed by atoms with Crippen molar-refractivity contribution in [2.75, 3.05) is 13.1 Å². The van der Waals surface area contributed by atoms with Gasteiger partial charge in [0, 0.05) is 12.6 Å². The second kappa shape index (κ2) is 5.11. The Morgan fingerprint density at radius 1 is 1.67 bits per heavy atom. The van der Waals surface area contributed by atoms with Crippen LogP contribution in [0, 0.1) is 0 Å². The molecule has 1 aliphatic heterocycles. The molecule has 0 radical (unpaired) electrons. The summed E-state index contributed by atoms with van der Waals surface area (Å²) in [5.74, 6) is -0.229. The van der Waals surface area contributed by atoms with Crippen molar-refractivity contribution in [1.82, 2.24) is 10.2 Å². The molecule has 1 aliphatic rings. The number of likely N-dealkylation sites (tertiary alicyclic amines) is 1. The number of nitrogens with zero attached hydrogens (tertiary/aromatic N) is 1. The van der Waals surface area contributed by atoms with Crippen molar-refractivity contribution < 1.29 is 9.59 Å². The van der Waals surface area contributed by atoms with Gasteiger partial charge < -0.3 is 16.0 Å². The van der Waals surface area contributed by atoms with Crippen LogP contribution < -0.4 is 11.1 Å². The molecule has 1 saturated heterocycles. The topological polar surface area (TPSA) is 75.4 Å². The average Bonchev–Trinajstić information content (AvgIpc) is 2.11. The van der Waals surface area contributed by atoms with Crippen LogP contribution in [0.5, 0.6) is 0 Å². The van der Waals surface area contributed by atoms with E-state index in [1.807, 2.05) is 13.8 Å². The van der Waals surface area contributed by atoms with Crippen LogP contribution in [0.15, 0.2) is 0 Å². The molecule has 5 nitrogen and oxygen atoms in total. The number of amides is 2. The van der Waals surface area contributed by atoms with Gasteiger partial charge in [0.05, 0.1) is 12.6 Å². The maximum Gasteiger partial charge on any atom is 0.239 e. The first-order valence-corrected chi connectivity index (χ1v) is 5.34. The van der Waals surface area contributed by atoms with E-state index in [4.69, 9.17) is 5.73 Å². The summed E-state index contributed by atoms with van der Waals surface area (Å²) in [6, 6.07) is -0.323. The Hall–Kier alpha value is -1.10. The normalized spacial score (nSPS) is 22.0. The maximum atomic E-state index is 11.6. The fourth-order valence-corrected chi connectivity index (χ4v) is 1.67. The van der Waals surface area contributed by atoms with E-state index >= 15 is 0 Å². The van der Waals surface area contributed by atoms with Gasteiger partial charge in [-0.3, -0.25) is 9.59 Å². The second-order valence-electron chi connectivity index (χ2n) is 4.23. The van der Waals surface area contributed by atoms with Gasteiger partial charge in [0.15, 0.2) is 0 Å². The van der Waals surface area contributed by atoms with Crippen molar-refractivity contribution in [3.05, 3.63) is 0 Å². The summed E-state index contributed by atoms with van der Waals surface area (Å²) in [6.07, 6.45) is 1.60. The predicted molar refractivity (Wildman–Crippen MR) is 57.1 cm³/mol. The van der Waals surface area contributed by atoms with Gasteiger partial charge in [-0.1, -0.05) is 0 Å². The SMILES string of the molecule is CC(C)NC(=O)CN1CCCC(N)C1=O. The van der Waals surface area contributed by atoms with Crippen LogP contribution in [-0.2, 0) is 9.59 Å². The molecule has 1 heterocycles. The minimum Gasteiger partial charge on any atom is -0.352 e. The van der Waals surface area contributed by atoms with Gasteiger partial charge in [0.25, 0.3) is 0 Å². The number of hydrogen-bond acceptors (Lipinski definition) is 3. The number of rotatable bonds is 3. The van der Waals surface area contributed by atoms with Crippen LogP contribution in [-0.4, -0.2) is 41.9 Å². The lowest BCUT2D eigenvalue weighted by Crippen LogP contribution is -2.51. The first-order chi connectivity index (χ1) is 7.00. The number of nitrogens with two attached hydrogens (primary N) is 1. The number of carbonyl (C=O) groups is 2. The summed E-state index contributed by atoms with van der Waals surface area (Å²) in [7, 11) is 0. The molecule has 1 unspecified atom stereocenters. The van der Waals surface area contributed by atoms with Crippen LogP contribution >= 0.6 is 0 Å². The molecule has 0 saturated carbocycles. The highest BCUT2D eigenvalue weighted by molar-refractivity contribution is 5.87. The third-order valence-corrected chi connectivity index (χ3v) is 2.36. The molecule has 15 heavy (non-hydrogen) atoms. The molecule has 0 aromatic heterocycles. The molecule has 5 heteroatoms. The smallest absolute Gasteiger partial charge is 0.239 e. The van der Waals surface area contributed by atoms with Gasteiger partial charge in [-0.25, -0.2) is 0 Å². The Kier molecular flexibility index (Phi) is 4.08. The zero-order valence-electron chi connectivity index (χ0n) is 9.32. The van der Waals surface area contributed by atoms with E-state index in [-0.39, 0.29) is 24.4 Å². The third kappa shape index (κ3) is 3.51. The molecule has 1 rings (SSSR count). The summed E-state index contributed by atoms with van der Waals surface area (Å²) >= 11 is 0. The number of hydrogen-bond donors (Lipinski definition) is 2. The summed E-state index contributed by atoms with van der Waals surface area (Å²) in [5.41, 5.74) is 5.62. The number of nitrogens with one attached hydrogen (secondary N) is 1. The lowest BCUT2D eigenvalue weighted by Gasteiger charge is -2.30. The van der Waals surface area contributed by atoms with Crippen LogP contribution in [0.1, 0.15) is 26.7 Å². The molecule has 1 fully saturated rings. The van der Waals surface area contributed by atoms with Crippen molar-refractivity contribution in [2.24, 2.45) is 5.73 Å². The lowest BCUT2D eigenvalue weighted by atomic mass is 10.1. The third-order valence-electron chi connectivity index (χ3n) is 2.36. The summed E-state index contributed by atoms with van der Waals surface area (Å²) in [5, 5.41) is 2.75. The quantitative estimate of drug-likeness (QED) is 0.661. The summed E-state index contributed by atoms with van der Waals surface area (Å²) in [4.78, 5) is 24.5. The van der Waals surface area contributed by atoms with Crippen molar-refractivity contribution in [1.29, 1.82) is 0 Å². The molecule has 0 aromatic carbocycles. The van der Waals surface area contributed by atoms with Gasteiger partial charge in [0.2, 0.25) is 11.8 Å². The monoisotopic (exact) mass is 213 g/mol. The summed E-state index contributed by atoms with van der Waals surface area (Å²) < 4.78 is 0. The number of piperidine rings is 1. The zero-order chi connectivity index (χ0) is 11.4. The van der Waals surface area contributed by atoms with Crippen molar-refractivity contribution in [2.45, 2.75) is 38.8 Å². The predicted octanol–water partition coefficient (Wildman–Crippen LogP) is -0.539. The first kappa shape index (κ1) is 12.0. The molecule has 0 spiro atoms. The Balaban J connectivity index is 2.43. The molecule has 0 aromatic rings. The van der Waals surface area contributed by atoms with Gasteiger partial charge in [-0.05, 0) is 26.7 Å². The van der Waals surface area contributed by atoms with Crippen molar-refractivity contribution in [3.63, 3.8) is 0 Å². The highest BCUT2D eigenvalue weighted by atomic mass is 16.2. The largest absolute Gasteiger partial charge is 0.352 e. The van der Waals surface area contributed by atoms with E-state index in [9.17, 15) is 9.59 Å². The molecule has 0 aliphatic carbocycles. The van der Waals surface area contributed by atoms with E-state index in [1.54, 1.807) is 0 Å². The fourth-order valence-electron chi connectivity index (χ4n) is 1.67. The van der Waals surface area contributed by atoms with Crippen LogP contribution in [0.3, 0.4) is 0 Å². The van der Waals surface area contributed by atoms with E-state index in [1.165, 1.54) is 4.90 Å². The second-order valence-corrected chi connectivity index (χ2v) is 4.23. The highest BCUT2D eigenvalue weighted by Crippen LogP contribution is 2.09. The van der Waals surface area contributed by atoms with Crippen LogP contribution in [0.4, 0.5) is 0 Å². The van der Waals surface area contributed by atoms with E-state index in [0.29, 0.717) is 6.54 Å². The minimum atomic E-state index is -0.425. The Labute approximate surface area is 90.0 Å². The van der Waals surface area contributed by atoms with Gasteiger partial charge in [-0.15, -0.1) is 0 Å². The maximum absolute atomic E-state index is 11.6. The van der Waals surface area contributed by atoms with Crippen LogP contribution in [0.25, 0.3) is 0 Å². The minimum absolute atomic E-state index is 0.103. The molecular weight excluding hydrogens is 194 g/mol.